The summed E-state index contributed by atoms with van der Waals surface area (Å²) in [5, 5.41) is 3.44. The highest BCUT2D eigenvalue weighted by atomic mass is 127. The fourth-order valence-corrected chi connectivity index (χ4v) is 2.18. The van der Waals surface area contributed by atoms with Crippen LogP contribution in [0.15, 0.2) is 23.3 Å². The quantitative estimate of drug-likeness (QED) is 0.352. The predicted molar refractivity (Wildman–Crippen MR) is 102 cm³/mol. The van der Waals surface area contributed by atoms with Gasteiger partial charge in [0.2, 0.25) is 0 Å². The van der Waals surface area contributed by atoms with Crippen LogP contribution in [0.2, 0.25) is 0 Å². The van der Waals surface area contributed by atoms with Gasteiger partial charge in [0.1, 0.15) is 0 Å². The zero-order valence-electron chi connectivity index (χ0n) is 14.3. The zero-order chi connectivity index (χ0) is 15.2. The van der Waals surface area contributed by atoms with E-state index in [1.165, 1.54) is 18.5 Å². The van der Waals surface area contributed by atoms with Gasteiger partial charge in [-0.2, -0.15) is 0 Å². The summed E-state index contributed by atoms with van der Waals surface area (Å²) in [5.41, 5.74) is 1.69. The Bertz CT molecular complexity index is 432. The fourth-order valence-electron chi connectivity index (χ4n) is 2.18. The highest BCUT2D eigenvalue weighted by molar-refractivity contribution is 14.0. The van der Waals surface area contributed by atoms with Gasteiger partial charge in [-0.25, -0.2) is 0 Å². The van der Waals surface area contributed by atoms with Gasteiger partial charge in [0.25, 0.3) is 0 Å². The van der Waals surface area contributed by atoms with E-state index < -0.39 is 0 Å². The lowest BCUT2D eigenvalue weighted by Crippen LogP contribution is -2.39. The van der Waals surface area contributed by atoms with Crippen molar-refractivity contribution in [3.05, 3.63) is 24.0 Å². The molecule has 0 amide bonds. The molecule has 0 unspecified atom stereocenters. The van der Waals surface area contributed by atoms with Crippen LogP contribution in [0.5, 0.6) is 0 Å². The lowest BCUT2D eigenvalue weighted by molar-refractivity contribution is 0.363. The van der Waals surface area contributed by atoms with Crippen molar-refractivity contribution in [3.8, 4) is 0 Å². The average Bonchev–Trinajstić information content (AvgIpc) is 2.73. The van der Waals surface area contributed by atoms with Gasteiger partial charge in [0, 0.05) is 39.6 Å². The first-order chi connectivity index (χ1) is 9.33. The van der Waals surface area contributed by atoms with Gasteiger partial charge in [-0.05, 0) is 30.4 Å². The standard InChI is InChI=1S/C16H30N4.HI/c1-16(2,3)10-8-11-18-15(17-4)20(6)13-14-9-7-12-19(14)5;/h7,9,12H,8,10-11,13H2,1-6H3,(H,17,18);1H. The molecule has 1 aromatic heterocycles. The minimum atomic E-state index is 0. The smallest absolute Gasteiger partial charge is 0.193 e. The van der Waals surface area contributed by atoms with Crippen LogP contribution in [-0.4, -0.2) is 36.1 Å². The van der Waals surface area contributed by atoms with E-state index in [0.29, 0.717) is 5.41 Å². The topological polar surface area (TPSA) is 32.6 Å². The minimum Gasteiger partial charge on any atom is -0.356 e. The first-order valence-electron chi connectivity index (χ1n) is 7.35. The molecule has 0 spiro atoms. The van der Waals surface area contributed by atoms with Crippen LogP contribution in [0, 0.1) is 5.41 Å². The number of nitrogens with zero attached hydrogens (tertiary/aromatic N) is 3. The molecule has 1 N–H and O–H groups in total. The molecule has 0 saturated carbocycles. The third kappa shape index (κ3) is 7.74. The van der Waals surface area contributed by atoms with Crippen molar-refractivity contribution in [1.29, 1.82) is 0 Å². The van der Waals surface area contributed by atoms with Crippen LogP contribution in [0.25, 0.3) is 0 Å². The monoisotopic (exact) mass is 406 g/mol. The molecule has 0 aliphatic rings. The maximum atomic E-state index is 4.35. The summed E-state index contributed by atoms with van der Waals surface area (Å²) in [5.74, 6) is 0.958. The Morgan fingerprint density at radius 2 is 2.05 bits per heavy atom. The summed E-state index contributed by atoms with van der Waals surface area (Å²) in [7, 11) is 5.99. The Hall–Kier alpha value is -0.720. The molecule has 0 aromatic carbocycles. The lowest BCUT2D eigenvalue weighted by Gasteiger charge is -2.23. The highest BCUT2D eigenvalue weighted by Gasteiger charge is 2.11. The number of hydrogen-bond donors (Lipinski definition) is 1. The molecule has 0 radical (unpaired) electrons. The Kier molecular flexibility index (Phi) is 9.01. The van der Waals surface area contributed by atoms with Crippen molar-refractivity contribution in [3.63, 3.8) is 0 Å². The third-order valence-electron chi connectivity index (χ3n) is 3.41. The fraction of sp³-hybridized carbons (Fsp3) is 0.688. The molecule has 5 heteroatoms. The van der Waals surface area contributed by atoms with E-state index in [2.05, 4.69) is 73.0 Å². The van der Waals surface area contributed by atoms with Crippen LogP contribution >= 0.6 is 24.0 Å². The molecule has 1 rings (SSSR count). The van der Waals surface area contributed by atoms with E-state index in [1.54, 1.807) is 0 Å². The summed E-state index contributed by atoms with van der Waals surface area (Å²) in [6.07, 6.45) is 4.46. The summed E-state index contributed by atoms with van der Waals surface area (Å²) < 4.78 is 2.14. The van der Waals surface area contributed by atoms with E-state index in [4.69, 9.17) is 0 Å². The van der Waals surface area contributed by atoms with Gasteiger partial charge < -0.3 is 14.8 Å². The van der Waals surface area contributed by atoms with E-state index in [9.17, 15) is 0 Å². The number of hydrogen-bond acceptors (Lipinski definition) is 1. The number of aromatic nitrogens is 1. The first kappa shape index (κ1) is 20.3. The summed E-state index contributed by atoms with van der Waals surface area (Å²) in [4.78, 5) is 6.51. The van der Waals surface area contributed by atoms with Crippen molar-refractivity contribution in [2.24, 2.45) is 17.5 Å². The predicted octanol–water partition coefficient (Wildman–Crippen LogP) is 3.48. The molecule has 0 aliphatic heterocycles. The Balaban J connectivity index is 0.00000400. The van der Waals surface area contributed by atoms with E-state index in [1.807, 2.05) is 7.05 Å². The third-order valence-corrected chi connectivity index (χ3v) is 3.41. The van der Waals surface area contributed by atoms with Crippen molar-refractivity contribution in [2.75, 3.05) is 20.6 Å². The van der Waals surface area contributed by atoms with E-state index in [0.717, 1.165) is 19.0 Å². The molecular weight excluding hydrogens is 375 g/mol. The Morgan fingerprint density at radius 3 is 2.52 bits per heavy atom. The Morgan fingerprint density at radius 1 is 1.38 bits per heavy atom. The first-order valence-corrected chi connectivity index (χ1v) is 7.35. The number of nitrogens with one attached hydrogen (secondary N) is 1. The molecule has 0 aliphatic carbocycles. The minimum absolute atomic E-state index is 0. The van der Waals surface area contributed by atoms with Crippen molar-refractivity contribution in [1.82, 2.24) is 14.8 Å². The highest BCUT2D eigenvalue weighted by Crippen LogP contribution is 2.19. The number of aryl methyl sites for hydroxylation is 1. The van der Waals surface area contributed by atoms with Gasteiger partial charge in [-0.15, -0.1) is 24.0 Å². The van der Waals surface area contributed by atoms with Gasteiger partial charge in [-0.3, -0.25) is 4.99 Å². The summed E-state index contributed by atoms with van der Waals surface area (Å²) >= 11 is 0. The molecular formula is C16H31IN4. The maximum Gasteiger partial charge on any atom is 0.193 e. The number of rotatable bonds is 5. The van der Waals surface area contributed by atoms with Crippen LogP contribution in [-0.2, 0) is 13.6 Å². The van der Waals surface area contributed by atoms with Gasteiger partial charge >= 0.3 is 0 Å². The van der Waals surface area contributed by atoms with E-state index in [-0.39, 0.29) is 24.0 Å². The molecule has 1 heterocycles. The molecule has 4 nitrogen and oxygen atoms in total. The normalized spacial score (nSPS) is 12.0. The molecule has 1 aromatic rings. The van der Waals surface area contributed by atoms with Crippen LogP contribution < -0.4 is 5.32 Å². The molecule has 122 valence electrons. The van der Waals surface area contributed by atoms with Gasteiger partial charge in [-0.1, -0.05) is 20.8 Å². The number of aliphatic imine (C=N–C) groups is 1. The molecule has 0 saturated heterocycles. The molecule has 0 atom stereocenters. The SMILES string of the molecule is CN=C(NCCCC(C)(C)C)N(C)Cc1cccn1C.I. The van der Waals surface area contributed by atoms with Gasteiger partial charge in [0.05, 0.1) is 6.54 Å². The Labute approximate surface area is 147 Å². The molecule has 0 bridgehead atoms. The largest absolute Gasteiger partial charge is 0.356 e. The van der Waals surface area contributed by atoms with Crippen molar-refractivity contribution < 1.29 is 0 Å². The van der Waals surface area contributed by atoms with Crippen molar-refractivity contribution in [2.45, 2.75) is 40.2 Å². The van der Waals surface area contributed by atoms with Gasteiger partial charge in [0.15, 0.2) is 5.96 Å². The number of halogens is 1. The second-order valence-corrected chi connectivity index (χ2v) is 6.60. The molecule has 21 heavy (non-hydrogen) atoms. The van der Waals surface area contributed by atoms with Crippen molar-refractivity contribution >= 4 is 29.9 Å². The summed E-state index contributed by atoms with van der Waals surface area (Å²) in [6.45, 7) is 8.68. The van der Waals surface area contributed by atoms with E-state index >= 15 is 0 Å². The number of guanidine groups is 1. The maximum absolute atomic E-state index is 4.35. The zero-order valence-corrected chi connectivity index (χ0v) is 16.6. The van der Waals surface area contributed by atoms with Crippen LogP contribution in [0.4, 0.5) is 0 Å². The second-order valence-electron chi connectivity index (χ2n) is 6.60. The lowest BCUT2D eigenvalue weighted by atomic mass is 9.91. The summed E-state index contributed by atoms with van der Waals surface area (Å²) in [6, 6.07) is 4.21. The average molecular weight is 406 g/mol. The second kappa shape index (κ2) is 9.33. The van der Waals surface area contributed by atoms with Crippen LogP contribution in [0.3, 0.4) is 0 Å². The van der Waals surface area contributed by atoms with Crippen LogP contribution in [0.1, 0.15) is 39.3 Å². The molecule has 0 fully saturated rings.